The van der Waals surface area contributed by atoms with E-state index >= 15 is 0 Å². The molecule has 2 saturated heterocycles. The first-order valence-electron chi connectivity index (χ1n) is 16.7. The Morgan fingerprint density at radius 2 is 1.65 bits per heavy atom. The molecule has 256 valence electrons. The van der Waals surface area contributed by atoms with Gasteiger partial charge in [0.15, 0.2) is 5.76 Å². The van der Waals surface area contributed by atoms with E-state index in [-0.39, 0.29) is 53.2 Å². The predicted molar refractivity (Wildman–Crippen MR) is 167 cm³/mol. The van der Waals surface area contributed by atoms with E-state index in [0.717, 1.165) is 11.1 Å². The lowest BCUT2D eigenvalue weighted by Crippen LogP contribution is -2.64. The standard InChI is InChI=1S/C36H52O10/c1-17(2)11-18-13-35(7,43)29-22(44-18)14-33(5)24-10-9-19-20(36(24,8)25(38)15-34(29,33)6)12-21(30(42)32(19,3)4)45-31-28(41)27(40)26(39)23(16-37)46-31/h9,11-12,18,20,22-24,26-29,31,37,39-41,43H,10,13-16H2,1-8H3/t18-,20+,22+,23+,24-,26+,27+,28+,29-,31+,33-,34+,35-,36-/m0/s1. The summed E-state index contributed by atoms with van der Waals surface area (Å²) in [5.74, 6) is -1.20. The average molecular weight is 645 g/mol. The Hall–Kier alpha value is -1.92. The topological polar surface area (TPSA) is 163 Å². The van der Waals surface area contributed by atoms with Crippen LogP contribution in [0.2, 0.25) is 0 Å². The fraction of sp³-hybridized carbons (Fsp3) is 0.778. The number of fused-ring (bicyclic) bond motifs is 7. The summed E-state index contributed by atoms with van der Waals surface area (Å²) in [5.41, 5.74) is -1.90. The van der Waals surface area contributed by atoms with Gasteiger partial charge in [-0.2, -0.15) is 0 Å². The normalized spacial score (nSPS) is 51.2. The van der Waals surface area contributed by atoms with Crippen LogP contribution < -0.4 is 0 Å². The smallest absolute Gasteiger partial charge is 0.229 e. The van der Waals surface area contributed by atoms with Crippen molar-refractivity contribution in [3.63, 3.8) is 0 Å². The number of hydrogen-bond donors (Lipinski definition) is 5. The van der Waals surface area contributed by atoms with Crippen LogP contribution in [-0.2, 0) is 23.8 Å². The molecule has 0 aromatic rings. The quantitative estimate of drug-likeness (QED) is 0.288. The first-order chi connectivity index (χ1) is 21.2. The second-order valence-corrected chi connectivity index (χ2v) is 16.6. The zero-order valence-electron chi connectivity index (χ0n) is 28.3. The molecule has 2 saturated carbocycles. The fourth-order valence-corrected chi connectivity index (χ4v) is 10.8. The molecule has 46 heavy (non-hydrogen) atoms. The van der Waals surface area contributed by atoms with Crippen LogP contribution >= 0.6 is 0 Å². The number of carbonyl (C=O) groups is 2. The van der Waals surface area contributed by atoms with Crippen molar-refractivity contribution < 1.29 is 49.3 Å². The molecule has 10 nitrogen and oxygen atoms in total. The van der Waals surface area contributed by atoms with E-state index in [1.54, 1.807) is 19.9 Å². The highest BCUT2D eigenvalue weighted by Gasteiger charge is 2.75. The van der Waals surface area contributed by atoms with Crippen LogP contribution in [0.25, 0.3) is 0 Å². The Labute approximate surface area is 271 Å². The van der Waals surface area contributed by atoms with Gasteiger partial charge >= 0.3 is 0 Å². The molecule has 0 bridgehead atoms. The van der Waals surface area contributed by atoms with Crippen LogP contribution in [0.3, 0.4) is 0 Å². The summed E-state index contributed by atoms with van der Waals surface area (Å²) < 4.78 is 18.3. The van der Waals surface area contributed by atoms with E-state index in [2.05, 4.69) is 26.0 Å². The predicted octanol–water partition coefficient (Wildman–Crippen LogP) is 2.74. The van der Waals surface area contributed by atoms with Crippen molar-refractivity contribution in [3.8, 4) is 0 Å². The molecule has 6 aliphatic rings. The summed E-state index contributed by atoms with van der Waals surface area (Å²) in [6.45, 7) is 15.3. The Bertz CT molecular complexity index is 1390. The van der Waals surface area contributed by atoms with Crippen LogP contribution in [0.15, 0.2) is 35.1 Å². The van der Waals surface area contributed by atoms with Gasteiger partial charge in [-0.1, -0.05) is 44.1 Å². The van der Waals surface area contributed by atoms with Crippen LogP contribution in [-0.4, -0.2) is 92.2 Å². The molecule has 0 aromatic carbocycles. The number of carbonyl (C=O) groups excluding carboxylic acids is 2. The SMILES string of the molecule is CC(C)=C[C@H]1C[C@](C)(O)[C@H]2[C@@H](C[C@@]3(C)[C@@H]4CC=C5[C@@H](C=C(O[C@@H]6O[C@H](CO)[C@@H](O)[C@@H](O)[C@H]6O)C(=O)C5(C)C)[C@]4(C)C(=O)C[C@]23C)O1. The van der Waals surface area contributed by atoms with Gasteiger partial charge in [-0.15, -0.1) is 0 Å². The molecule has 0 amide bonds. The monoisotopic (exact) mass is 644 g/mol. The molecule has 4 aliphatic carbocycles. The maximum Gasteiger partial charge on any atom is 0.229 e. The molecule has 5 N–H and O–H groups in total. The molecule has 0 aromatic heterocycles. The number of hydrogen-bond acceptors (Lipinski definition) is 10. The third-order valence-electron chi connectivity index (χ3n) is 13.2. The van der Waals surface area contributed by atoms with Gasteiger partial charge in [-0.3, -0.25) is 9.59 Å². The lowest BCUT2D eigenvalue weighted by Gasteiger charge is -2.64. The summed E-state index contributed by atoms with van der Waals surface area (Å²) in [4.78, 5) is 28.6. The number of rotatable bonds is 4. The third kappa shape index (κ3) is 4.54. The first-order valence-corrected chi connectivity index (χ1v) is 16.7. The van der Waals surface area contributed by atoms with Crippen LogP contribution in [0.4, 0.5) is 0 Å². The summed E-state index contributed by atoms with van der Waals surface area (Å²) in [6, 6.07) is 0. The molecule has 0 radical (unpaired) electrons. The number of aliphatic hydroxyl groups is 5. The minimum absolute atomic E-state index is 0.0736. The van der Waals surface area contributed by atoms with Gasteiger partial charge in [0.1, 0.15) is 30.2 Å². The number of allylic oxidation sites excluding steroid dienone is 5. The lowest BCUT2D eigenvalue weighted by molar-refractivity contribution is -0.291. The van der Waals surface area contributed by atoms with Crippen molar-refractivity contribution in [2.75, 3.05) is 6.61 Å². The van der Waals surface area contributed by atoms with Crippen molar-refractivity contribution in [3.05, 3.63) is 35.1 Å². The maximum absolute atomic E-state index is 14.7. The molecule has 2 heterocycles. The Morgan fingerprint density at radius 1 is 0.978 bits per heavy atom. The van der Waals surface area contributed by atoms with Gasteiger partial charge in [0.2, 0.25) is 12.1 Å². The molecule has 0 unspecified atom stereocenters. The summed E-state index contributed by atoms with van der Waals surface area (Å²) in [7, 11) is 0. The van der Waals surface area contributed by atoms with Gasteiger partial charge in [0.25, 0.3) is 0 Å². The minimum Gasteiger partial charge on any atom is -0.459 e. The summed E-state index contributed by atoms with van der Waals surface area (Å²) >= 11 is 0. The van der Waals surface area contributed by atoms with Crippen molar-refractivity contribution in [1.82, 2.24) is 0 Å². The minimum atomic E-state index is -1.68. The number of ketones is 2. The number of Topliss-reactive ketones (excluding diaryl/α,β-unsaturated/α-hetero) is 2. The Kier molecular flexibility index (Phi) is 7.97. The van der Waals surface area contributed by atoms with E-state index in [4.69, 9.17) is 14.2 Å². The van der Waals surface area contributed by atoms with E-state index in [1.165, 1.54) is 0 Å². The van der Waals surface area contributed by atoms with E-state index in [1.807, 2.05) is 27.7 Å². The van der Waals surface area contributed by atoms with Gasteiger partial charge in [-0.05, 0) is 70.3 Å². The highest BCUT2D eigenvalue weighted by Crippen LogP contribution is 2.75. The maximum atomic E-state index is 14.7. The van der Waals surface area contributed by atoms with Crippen LogP contribution in [0.1, 0.15) is 81.1 Å². The summed E-state index contributed by atoms with van der Waals surface area (Å²) in [6.07, 6.45) is -0.139. The third-order valence-corrected chi connectivity index (χ3v) is 13.2. The summed E-state index contributed by atoms with van der Waals surface area (Å²) in [5, 5.41) is 52.9. The van der Waals surface area contributed by atoms with Gasteiger partial charge in [0.05, 0.1) is 29.8 Å². The lowest BCUT2D eigenvalue weighted by atomic mass is 9.39. The number of aliphatic hydroxyl groups excluding tert-OH is 4. The van der Waals surface area contributed by atoms with Crippen molar-refractivity contribution in [2.24, 2.45) is 39.4 Å². The largest absolute Gasteiger partial charge is 0.459 e. The van der Waals surface area contributed by atoms with E-state index < -0.39 is 65.1 Å². The highest BCUT2D eigenvalue weighted by molar-refractivity contribution is 6.02. The molecule has 0 spiro atoms. The molecular formula is C36H52O10. The molecule has 14 atom stereocenters. The average Bonchev–Trinajstić information content (AvgIpc) is 3.18. The van der Waals surface area contributed by atoms with E-state index in [9.17, 15) is 35.1 Å². The zero-order chi connectivity index (χ0) is 33.9. The van der Waals surface area contributed by atoms with Crippen molar-refractivity contribution in [2.45, 2.75) is 130 Å². The first kappa shape index (κ1) is 34.0. The Morgan fingerprint density at radius 3 is 2.28 bits per heavy atom. The fourth-order valence-electron chi connectivity index (χ4n) is 10.8. The molecule has 4 fully saturated rings. The van der Waals surface area contributed by atoms with Gasteiger partial charge < -0.3 is 39.7 Å². The number of ether oxygens (including phenoxy) is 3. The molecule has 2 aliphatic heterocycles. The van der Waals surface area contributed by atoms with Crippen molar-refractivity contribution >= 4 is 11.6 Å². The van der Waals surface area contributed by atoms with Crippen LogP contribution in [0.5, 0.6) is 0 Å². The van der Waals surface area contributed by atoms with Crippen LogP contribution in [0, 0.1) is 39.4 Å². The second-order valence-electron chi connectivity index (χ2n) is 16.6. The zero-order valence-corrected chi connectivity index (χ0v) is 28.3. The molecular weight excluding hydrogens is 592 g/mol. The molecule has 6 rings (SSSR count). The highest BCUT2D eigenvalue weighted by atomic mass is 16.7. The second kappa shape index (κ2) is 10.8. The Balaban J connectivity index is 1.40. The molecule has 10 heteroatoms. The van der Waals surface area contributed by atoms with Gasteiger partial charge in [-0.25, -0.2) is 0 Å². The van der Waals surface area contributed by atoms with Crippen molar-refractivity contribution in [1.29, 1.82) is 0 Å². The van der Waals surface area contributed by atoms with E-state index in [0.29, 0.717) is 19.3 Å². The van der Waals surface area contributed by atoms with Gasteiger partial charge in [0, 0.05) is 30.1 Å².